The highest BCUT2D eigenvalue weighted by Gasteiger charge is 2.36. The molecule has 0 radical (unpaired) electrons. The molecule has 23 heavy (non-hydrogen) atoms. The molecule has 1 atom stereocenters. The van der Waals surface area contributed by atoms with Crippen LogP contribution in [0.2, 0.25) is 5.02 Å². The van der Waals surface area contributed by atoms with Gasteiger partial charge in [-0.25, -0.2) is 8.78 Å². The maximum atomic E-state index is 12.9. The van der Waals surface area contributed by atoms with Gasteiger partial charge in [0, 0.05) is 38.6 Å². The lowest BCUT2D eigenvalue weighted by Gasteiger charge is -2.35. The highest BCUT2D eigenvalue weighted by molar-refractivity contribution is 6.32. The van der Waals surface area contributed by atoms with Crippen LogP contribution in [-0.2, 0) is 6.18 Å². The third kappa shape index (κ3) is 5.17. The molecule has 0 bridgehead atoms. The highest BCUT2D eigenvalue weighted by Crippen LogP contribution is 2.40. The molecule has 1 N–H and O–H groups in total. The molecule has 2 rings (SSSR count). The van der Waals surface area contributed by atoms with Crippen LogP contribution in [0.25, 0.3) is 0 Å². The Morgan fingerprint density at radius 3 is 2.30 bits per heavy atom. The number of nitrogens with zero attached hydrogens (tertiary/aromatic N) is 1. The number of alkyl halides is 5. The summed E-state index contributed by atoms with van der Waals surface area (Å²) in [5.41, 5.74) is -0.875. The van der Waals surface area contributed by atoms with Crippen LogP contribution in [0, 0.1) is 0 Å². The van der Waals surface area contributed by atoms with Crippen molar-refractivity contribution >= 4 is 24.0 Å². The summed E-state index contributed by atoms with van der Waals surface area (Å²) in [6, 6.07) is 2.65. The van der Waals surface area contributed by atoms with E-state index in [1.54, 1.807) is 4.90 Å². The fourth-order valence-corrected chi connectivity index (χ4v) is 3.02. The molecule has 1 aliphatic rings. The van der Waals surface area contributed by atoms with E-state index in [1.165, 1.54) is 12.1 Å². The number of piperazine rings is 1. The van der Waals surface area contributed by atoms with Gasteiger partial charge in [0.25, 0.3) is 0 Å². The Kier molecular flexibility index (Phi) is 7.51. The highest BCUT2D eigenvalue weighted by atomic mass is 35.5. The smallest absolute Gasteiger partial charge is 0.314 e. The first-order valence-electron chi connectivity index (χ1n) is 6.89. The molecule has 0 aromatic heterocycles. The summed E-state index contributed by atoms with van der Waals surface area (Å²) in [7, 11) is 0. The van der Waals surface area contributed by atoms with Gasteiger partial charge >= 0.3 is 6.18 Å². The molecular formula is C14H17Cl2F5N2. The van der Waals surface area contributed by atoms with Crippen molar-refractivity contribution < 1.29 is 22.0 Å². The van der Waals surface area contributed by atoms with Gasteiger partial charge in [-0.15, -0.1) is 12.4 Å². The molecule has 0 unspecified atom stereocenters. The molecule has 0 amide bonds. The second-order valence-corrected chi connectivity index (χ2v) is 5.51. The average Bonchev–Trinajstić information content (AvgIpc) is 2.45. The van der Waals surface area contributed by atoms with E-state index in [-0.39, 0.29) is 18.0 Å². The van der Waals surface area contributed by atoms with E-state index < -0.39 is 35.7 Å². The van der Waals surface area contributed by atoms with Crippen molar-refractivity contribution in [3.05, 3.63) is 34.3 Å². The van der Waals surface area contributed by atoms with E-state index in [2.05, 4.69) is 5.32 Å². The summed E-state index contributed by atoms with van der Waals surface area (Å²) in [5.74, 6) is 0. The maximum Gasteiger partial charge on any atom is 0.417 e. The topological polar surface area (TPSA) is 15.3 Å². The second kappa shape index (κ2) is 8.46. The van der Waals surface area contributed by atoms with Gasteiger partial charge in [0.15, 0.2) is 0 Å². The van der Waals surface area contributed by atoms with Crippen molar-refractivity contribution in [2.24, 2.45) is 0 Å². The van der Waals surface area contributed by atoms with Crippen LogP contribution in [0.4, 0.5) is 22.0 Å². The number of nitrogens with one attached hydrogen (secondary N) is 1. The van der Waals surface area contributed by atoms with Gasteiger partial charge < -0.3 is 5.32 Å². The number of rotatable bonds is 4. The molecule has 1 fully saturated rings. The summed E-state index contributed by atoms with van der Waals surface area (Å²) in [5, 5.41) is 2.60. The van der Waals surface area contributed by atoms with Gasteiger partial charge in [0.2, 0.25) is 6.43 Å². The van der Waals surface area contributed by atoms with E-state index in [0.717, 1.165) is 6.07 Å². The standard InChI is InChI=1S/C14H16ClF5N2.ClH/c15-13-9(2-1-3-10(13)14(18,19)20)11(8-12(16)17)22-6-4-21-5-7-22;/h1-3,11-12,21H,4-8H2;1H/t11-;/m1./s1. The molecule has 1 aromatic rings. The summed E-state index contributed by atoms with van der Waals surface area (Å²) in [6.45, 7) is 2.19. The Bertz CT molecular complexity index is 504. The first-order chi connectivity index (χ1) is 10.3. The quantitative estimate of drug-likeness (QED) is 0.782. The number of halogens is 7. The molecule has 2 nitrogen and oxygen atoms in total. The van der Waals surface area contributed by atoms with Crippen LogP contribution in [0.15, 0.2) is 18.2 Å². The summed E-state index contributed by atoms with van der Waals surface area (Å²) in [4.78, 5) is 1.75. The molecule has 0 spiro atoms. The normalized spacial score (nSPS) is 17.9. The Hall–Kier alpha value is -0.630. The molecule has 0 aliphatic carbocycles. The number of benzene rings is 1. The first kappa shape index (κ1) is 20.4. The minimum atomic E-state index is -4.61. The third-order valence-electron chi connectivity index (χ3n) is 3.69. The summed E-state index contributed by atoms with van der Waals surface area (Å²) >= 11 is 5.88. The lowest BCUT2D eigenvalue weighted by molar-refractivity contribution is -0.137. The minimum Gasteiger partial charge on any atom is -0.314 e. The zero-order chi connectivity index (χ0) is 16.3. The van der Waals surface area contributed by atoms with Crippen molar-refractivity contribution in [1.29, 1.82) is 0 Å². The molecule has 9 heteroatoms. The third-order valence-corrected chi connectivity index (χ3v) is 4.11. The van der Waals surface area contributed by atoms with Crippen LogP contribution >= 0.6 is 24.0 Å². The largest absolute Gasteiger partial charge is 0.417 e. The molecule has 0 saturated carbocycles. The zero-order valence-corrected chi connectivity index (χ0v) is 13.6. The van der Waals surface area contributed by atoms with Crippen LogP contribution in [0.5, 0.6) is 0 Å². The first-order valence-corrected chi connectivity index (χ1v) is 7.27. The Morgan fingerprint density at radius 1 is 1.17 bits per heavy atom. The van der Waals surface area contributed by atoms with E-state index in [0.29, 0.717) is 26.2 Å². The lowest BCUT2D eigenvalue weighted by atomic mass is 9.98. The van der Waals surface area contributed by atoms with Crippen molar-refractivity contribution in [1.82, 2.24) is 10.2 Å². The minimum absolute atomic E-state index is 0. The van der Waals surface area contributed by atoms with Crippen molar-refractivity contribution in [2.75, 3.05) is 26.2 Å². The van der Waals surface area contributed by atoms with E-state index in [4.69, 9.17) is 11.6 Å². The molecule has 132 valence electrons. The molecule has 1 heterocycles. The Labute approximate surface area is 142 Å². The molecule has 1 aromatic carbocycles. The van der Waals surface area contributed by atoms with E-state index >= 15 is 0 Å². The second-order valence-electron chi connectivity index (χ2n) is 5.14. The van der Waals surface area contributed by atoms with Crippen molar-refractivity contribution in [3.63, 3.8) is 0 Å². The SMILES string of the molecule is Cl.FC(F)C[C@H](c1cccc(C(F)(F)F)c1Cl)N1CCNCC1. The predicted octanol–water partition coefficient (Wildman–Crippen LogP) is 4.38. The summed E-state index contributed by atoms with van der Waals surface area (Å²) in [6.07, 6.45) is -7.77. The Balaban J connectivity index is 0.00000264. The van der Waals surface area contributed by atoms with Crippen LogP contribution in [0.1, 0.15) is 23.6 Å². The average molecular weight is 379 g/mol. The number of hydrogen-bond acceptors (Lipinski definition) is 2. The van der Waals surface area contributed by atoms with E-state index in [9.17, 15) is 22.0 Å². The fourth-order valence-electron chi connectivity index (χ4n) is 2.66. The maximum absolute atomic E-state index is 12.9. The van der Waals surface area contributed by atoms with Crippen LogP contribution in [0.3, 0.4) is 0 Å². The van der Waals surface area contributed by atoms with Gasteiger partial charge in [-0.1, -0.05) is 23.7 Å². The van der Waals surface area contributed by atoms with Crippen LogP contribution in [-0.4, -0.2) is 37.5 Å². The zero-order valence-electron chi connectivity index (χ0n) is 12.0. The van der Waals surface area contributed by atoms with Gasteiger partial charge in [-0.2, -0.15) is 13.2 Å². The molecule has 1 aliphatic heterocycles. The monoisotopic (exact) mass is 378 g/mol. The van der Waals surface area contributed by atoms with Gasteiger partial charge in [-0.05, 0) is 11.6 Å². The van der Waals surface area contributed by atoms with Gasteiger partial charge in [0.1, 0.15) is 0 Å². The van der Waals surface area contributed by atoms with E-state index in [1.807, 2.05) is 0 Å². The molecular weight excluding hydrogens is 362 g/mol. The van der Waals surface area contributed by atoms with Gasteiger partial charge in [0.05, 0.1) is 10.6 Å². The summed E-state index contributed by atoms with van der Waals surface area (Å²) < 4.78 is 64.6. The fraction of sp³-hybridized carbons (Fsp3) is 0.571. The predicted molar refractivity (Wildman–Crippen MR) is 81.5 cm³/mol. The lowest BCUT2D eigenvalue weighted by Crippen LogP contribution is -2.45. The Morgan fingerprint density at radius 2 is 1.78 bits per heavy atom. The van der Waals surface area contributed by atoms with Crippen molar-refractivity contribution in [2.45, 2.75) is 25.1 Å². The van der Waals surface area contributed by atoms with Crippen molar-refractivity contribution in [3.8, 4) is 0 Å². The van der Waals surface area contributed by atoms with Crippen LogP contribution < -0.4 is 5.32 Å². The number of hydrogen-bond donors (Lipinski definition) is 1. The molecule has 1 saturated heterocycles. The van der Waals surface area contributed by atoms with Gasteiger partial charge in [-0.3, -0.25) is 4.90 Å².